The molecule has 0 unspecified atom stereocenters. The Hall–Kier alpha value is -3.42. The number of rotatable bonds is 7. The van der Waals surface area contributed by atoms with Crippen molar-refractivity contribution in [2.45, 2.75) is 39.2 Å². The zero-order valence-corrected chi connectivity index (χ0v) is 22.7. The van der Waals surface area contributed by atoms with Gasteiger partial charge < -0.3 is 28.7 Å². The van der Waals surface area contributed by atoms with Gasteiger partial charge >= 0.3 is 0 Å². The zero-order chi connectivity index (χ0) is 26.7. The lowest BCUT2D eigenvalue weighted by atomic mass is 9.81. The summed E-state index contributed by atoms with van der Waals surface area (Å²) in [7, 11) is 6.25. The second-order valence-corrected chi connectivity index (χ2v) is 10.2. The first kappa shape index (κ1) is 26.6. The van der Waals surface area contributed by atoms with Crippen LogP contribution in [0.4, 0.5) is 5.69 Å². The third-order valence-electron chi connectivity index (χ3n) is 7.48. The summed E-state index contributed by atoms with van der Waals surface area (Å²) in [6, 6.07) is 10.7. The molecule has 0 N–H and O–H groups in total. The van der Waals surface area contributed by atoms with Crippen molar-refractivity contribution in [2.24, 2.45) is 17.8 Å². The molecule has 0 radical (unpaired) electrons. The lowest BCUT2D eigenvalue weighted by molar-refractivity contribution is -0.141. The van der Waals surface area contributed by atoms with E-state index in [0.29, 0.717) is 46.9 Å². The van der Waals surface area contributed by atoms with E-state index in [2.05, 4.69) is 13.8 Å². The van der Waals surface area contributed by atoms with Crippen molar-refractivity contribution in [3.8, 4) is 23.0 Å². The first-order valence-electron chi connectivity index (χ1n) is 12.9. The molecule has 2 aliphatic rings. The molecular formula is C29H38N2O6. The first-order valence-corrected chi connectivity index (χ1v) is 12.9. The van der Waals surface area contributed by atoms with Crippen molar-refractivity contribution in [2.75, 3.05) is 46.4 Å². The van der Waals surface area contributed by atoms with Gasteiger partial charge in [-0.2, -0.15) is 0 Å². The van der Waals surface area contributed by atoms with E-state index < -0.39 is 6.04 Å². The molecule has 2 heterocycles. The fraction of sp³-hybridized carbons (Fsp3) is 0.517. The maximum Gasteiger partial charge on any atom is 0.228 e. The average molecular weight is 511 g/mol. The van der Waals surface area contributed by atoms with Crippen LogP contribution in [0.25, 0.3) is 0 Å². The molecule has 2 saturated heterocycles. The average Bonchev–Trinajstić information content (AvgIpc) is 2.91. The van der Waals surface area contributed by atoms with Gasteiger partial charge in [0.25, 0.3) is 0 Å². The number of carbonyl (C=O) groups is 2. The molecule has 4 atom stereocenters. The Balaban J connectivity index is 1.82. The number of ether oxygens (including phenoxy) is 4. The van der Waals surface area contributed by atoms with Crippen molar-refractivity contribution in [1.82, 2.24) is 4.90 Å². The lowest BCUT2D eigenvalue weighted by Gasteiger charge is -2.44. The van der Waals surface area contributed by atoms with Crippen LogP contribution in [-0.2, 0) is 9.59 Å². The number of benzene rings is 2. The van der Waals surface area contributed by atoms with Gasteiger partial charge in [0.1, 0.15) is 5.75 Å². The number of likely N-dealkylation sites (tertiary alicyclic amines) is 1. The Bertz CT molecular complexity index is 1080. The highest BCUT2D eigenvalue weighted by Crippen LogP contribution is 2.47. The van der Waals surface area contributed by atoms with Crippen LogP contribution < -0.4 is 23.8 Å². The number of hydrogen-bond acceptors (Lipinski definition) is 6. The van der Waals surface area contributed by atoms with Crippen molar-refractivity contribution in [1.29, 1.82) is 0 Å². The van der Waals surface area contributed by atoms with Crippen LogP contribution in [0.15, 0.2) is 36.4 Å². The predicted molar refractivity (Wildman–Crippen MR) is 142 cm³/mol. The van der Waals surface area contributed by atoms with Crippen LogP contribution in [0, 0.1) is 17.8 Å². The van der Waals surface area contributed by atoms with Gasteiger partial charge in [-0.15, -0.1) is 0 Å². The molecule has 2 aromatic carbocycles. The predicted octanol–water partition coefficient (Wildman–Crippen LogP) is 4.71. The second-order valence-electron chi connectivity index (χ2n) is 10.2. The van der Waals surface area contributed by atoms with Gasteiger partial charge in [-0.05, 0) is 42.4 Å². The van der Waals surface area contributed by atoms with Crippen LogP contribution in [0.2, 0.25) is 0 Å². The molecule has 4 rings (SSSR count). The Morgan fingerprint density at radius 1 is 0.865 bits per heavy atom. The first-order chi connectivity index (χ1) is 17.8. The molecule has 0 spiro atoms. The highest BCUT2D eigenvalue weighted by atomic mass is 16.5. The summed E-state index contributed by atoms with van der Waals surface area (Å²) < 4.78 is 22.0. The number of methoxy groups -OCH3 is 4. The van der Waals surface area contributed by atoms with Crippen LogP contribution in [0.3, 0.4) is 0 Å². The summed E-state index contributed by atoms with van der Waals surface area (Å²) in [6.45, 7) is 5.88. The van der Waals surface area contributed by atoms with E-state index >= 15 is 0 Å². The molecule has 0 aromatic heterocycles. The summed E-state index contributed by atoms with van der Waals surface area (Å²) in [5.74, 6) is 2.61. The van der Waals surface area contributed by atoms with E-state index in [1.54, 1.807) is 45.5 Å². The number of amides is 2. The Morgan fingerprint density at radius 3 is 1.97 bits per heavy atom. The molecular weight excluding hydrogens is 472 g/mol. The summed E-state index contributed by atoms with van der Waals surface area (Å²) in [5, 5.41) is 0. The minimum Gasteiger partial charge on any atom is -0.497 e. The van der Waals surface area contributed by atoms with Gasteiger partial charge in [-0.1, -0.05) is 26.0 Å². The fourth-order valence-electron chi connectivity index (χ4n) is 5.92. The molecule has 2 aliphatic heterocycles. The topological polar surface area (TPSA) is 77.5 Å². The highest BCUT2D eigenvalue weighted by molar-refractivity contribution is 5.98. The number of nitrogens with zero attached hydrogens (tertiary/aromatic N) is 2. The number of anilines is 1. The number of hydrogen-bond donors (Lipinski definition) is 0. The smallest absolute Gasteiger partial charge is 0.228 e. The Labute approximate surface area is 219 Å². The van der Waals surface area contributed by atoms with Gasteiger partial charge in [0.15, 0.2) is 11.5 Å². The van der Waals surface area contributed by atoms with Crippen molar-refractivity contribution in [3.05, 3.63) is 42.0 Å². The van der Waals surface area contributed by atoms with E-state index in [4.69, 9.17) is 18.9 Å². The molecule has 0 saturated carbocycles. The number of piperidine rings is 2. The molecule has 2 aromatic rings. The van der Waals surface area contributed by atoms with Crippen molar-refractivity contribution >= 4 is 17.5 Å². The van der Waals surface area contributed by atoms with Crippen molar-refractivity contribution < 1.29 is 28.5 Å². The normalized spacial score (nSPS) is 24.0. The summed E-state index contributed by atoms with van der Waals surface area (Å²) in [6.07, 6.45) is 1.89. The second kappa shape index (κ2) is 11.3. The van der Waals surface area contributed by atoms with Crippen LogP contribution >= 0.6 is 0 Å². The minimum absolute atomic E-state index is 0.0560. The Morgan fingerprint density at radius 2 is 1.46 bits per heavy atom. The summed E-state index contributed by atoms with van der Waals surface area (Å²) >= 11 is 0. The molecule has 2 amide bonds. The van der Waals surface area contributed by atoms with Gasteiger partial charge in [0.05, 0.1) is 46.1 Å². The lowest BCUT2D eigenvalue weighted by Crippen LogP contribution is -2.52. The monoisotopic (exact) mass is 510 g/mol. The van der Waals surface area contributed by atoms with Gasteiger partial charge in [0, 0.05) is 31.6 Å². The minimum atomic E-state index is -0.491. The number of carbonyl (C=O) groups excluding carboxylic acids is 2. The van der Waals surface area contributed by atoms with E-state index in [1.165, 1.54) is 0 Å². The van der Waals surface area contributed by atoms with E-state index in [1.807, 2.05) is 29.2 Å². The standard InChI is InChI=1S/C29H38N2O6/c1-18-13-19(2)17-30(16-18)29(33)23-11-12-26(32)31(27(23)20-7-9-22(34-3)10-8-20)21-14-24(35-4)28(37-6)25(15-21)36-5/h7-10,14-15,18-19,23,27H,11-13,16-17H2,1-6H3/t18-,19+,23-,27+/m0/s1. The van der Waals surface area contributed by atoms with Crippen LogP contribution in [-0.4, -0.2) is 58.2 Å². The fourth-order valence-corrected chi connectivity index (χ4v) is 5.92. The quantitative estimate of drug-likeness (QED) is 0.537. The van der Waals surface area contributed by atoms with Gasteiger partial charge in [-0.25, -0.2) is 0 Å². The Kier molecular flexibility index (Phi) is 8.15. The van der Waals surface area contributed by atoms with E-state index in [-0.39, 0.29) is 24.2 Å². The third kappa shape index (κ3) is 5.33. The largest absolute Gasteiger partial charge is 0.497 e. The van der Waals surface area contributed by atoms with Crippen LogP contribution in [0.1, 0.15) is 44.7 Å². The molecule has 8 heteroatoms. The SMILES string of the molecule is COc1ccc([C@@H]2[C@@H](C(=O)N3C[C@H](C)C[C@H](C)C3)CCC(=O)N2c2cc(OC)c(OC)c(OC)c2)cc1. The molecule has 37 heavy (non-hydrogen) atoms. The van der Waals surface area contributed by atoms with E-state index in [0.717, 1.165) is 25.1 Å². The molecule has 0 aliphatic carbocycles. The third-order valence-corrected chi connectivity index (χ3v) is 7.48. The van der Waals surface area contributed by atoms with Crippen LogP contribution in [0.5, 0.6) is 23.0 Å². The summed E-state index contributed by atoms with van der Waals surface area (Å²) in [4.78, 5) is 31.4. The molecule has 8 nitrogen and oxygen atoms in total. The zero-order valence-electron chi connectivity index (χ0n) is 22.7. The van der Waals surface area contributed by atoms with E-state index in [9.17, 15) is 9.59 Å². The maximum atomic E-state index is 14.1. The highest BCUT2D eigenvalue weighted by Gasteiger charge is 2.44. The summed E-state index contributed by atoms with van der Waals surface area (Å²) in [5.41, 5.74) is 1.47. The van der Waals surface area contributed by atoms with Crippen molar-refractivity contribution in [3.63, 3.8) is 0 Å². The molecule has 0 bridgehead atoms. The van der Waals surface area contributed by atoms with Gasteiger partial charge in [0.2, 0.25) is 17.6 Å². The maximum absolute atomic E-state index is 14.1. The van der Waals surface area contributed by atoms with Gasteiger partial charge in [-0.3, -0.25) is 9.59 Å². The molecule has 200 valence electrons. The molecule has 2 fully saturated rings.